The first-order valence-corrected chi connectivity index (χ1v) is 9.83. The van der Waals surface area contributed by atoms with Crippen molar-refractivity contribution in [3.8, 4) is 0 Å². The van der Waals surface area contributed by atoms with E-state index in [-0.39, 0.29) is 17.9 Å². The van der Waals surface area contributed by atoms with Gasteiger partial charge in [0, 0.05) is 50.2 Å². The number of hydrogen-bond acceptors (Lipinski definition) is 4. The van der Waals surface area contributed by atoms with Crippen molar-refractivity contribution in [3.05, 3.63) is 58.6 Å². The van der Waals surface area contributed by atoms with Crippen LogP contribution in [0.15, 0.2) is 42.5 Å². The number of carbonyl (C=O) groups is 2. The van der Waals surface area contributed by atoms with E-state index in [1.54, 1.807) is 6.07 Å². The number of amides is 2. The number of hydrogen-bond donors (Lipinski definition) is 2. The number of carbonyl (C=O) groups excluding carboxylic acids is 2. The van der Waals surface area contributed by atoms with Crippen molar-refractivity contribution >= 4 is 34.8 Å². The molecule has 2 aliphatic heterocycles. The van der Waals surface area contributed by atoms with Gasteiger partial charge in [0.2, 0.25) is 5.91 Å². The van der Waals surface area contributed by atoms with Crippen molar-refractivity contribution in [1.29, 1.82) is 0 Å². The summed E-state index contributed by atoms with van der Waals surface area (Å²) in [4.78, 5) is 29.2. The molecule has 1 unspecified atom stereocenters. The first kappa shape index (κ1) is 18.8. The predicted molar refractivity (Wildman–Crippen MR) is 111 cm³/mol. The standard InChI is InChI=1S/C21H23ClN4O2/c1-25-9-7-20(27)24-17-12-15(5-6-18(17)25)21(28)26-10-8-23-13-19(26)14-3-2-4-16(22)11-14/h2-6,11-12,19,23H,7-10,13H2,1H3,(H,24,27). The quantitative estimate of drug-likeness (QED) is 0.816. The van der Waals surface area contributed by atoms with Gasteiger partial charge in [0.1, 0.15) is 0 Å². The maximum atomic E-state index is 13.3. The van der Waals surface area contributed by atoms with E-state index in [0.29, 0.717) is 42.3 Å². The number of rotatable bonds is 2. The summed E-state index contributed by atoms with van der Waals surface area (Å²) in [5.74, 6) is -0.0791. The summed E-state index contributed by atoms with van der Waals surface area (Å²) in [5.41, 5.74) is 3.19. The molecule has 1 fully saturated rings. The zero-order chi connectivity index (χ0) is 19.7. The Hall–Kier alpha value is -2.57. The molecule has 1 saturated heterocycles. The van der Waals surface area contributed by atoms with E-state index in [9.17, 15) is 9.59 Å². The van der Waals surface area contributed by atoms with E-state index in [2.05, 4.69) is 10.6 Å². The van der Waals surface area contributed by atoms with Crippen LogP contribution < -0.4 is 15.5 Å². The van der Waals surface area contributed by atoms with E-state index in [1.807, 2.05) is 53.2 Å². The van der Waals surface area contributed by atoms with Gasteiger partial charge in [0.25, 0.3) is 5.91 Å². The fourth-order valence-corrected chi connectivity index (χ4v) is 4.03. The van der Waals surface area contributed by atoms with E-state index >= 15 is 0 Å². The molecule has 2 heterocycles. The van der Waals surface area contributed by atoms with Gasteiger partial charge in [-0.05, 0) is 35.9 Å². The maximum Gasteiger partial charge on any atom is 0.254 e. The third-order valence-electron chi connectivity index (χ3n) is 5.34. The van der Waals surface area contributed by atoms with E-state index in [0.717, 1.165) is 17.8 Å². The van der Waals surface area contributed by atoms with Gasteiger partial charge in [-0.25, -0.2) is 0 Å². The molecule has 2 aromatic carbocycles. The summed E-state index contributed by atoms with van der Waals surface area (Å²) in [5, 5.41) is 6.94. The van der Waals surface area contributed by atoms with Crippen LogP contribution in [0.4, 0.5) is 11.4 Å². The third kappa shape index (κ3) is 3.70. The molecular formula is C21H23ClN4O2. The van der Waals surface area contributed by atoms with Crippen LogP contribution in [-0.2, 0) is 4.79 Å². The molecule has 6 nitrogen and oxygen atoms in total. The molecule has 0 bridgehead atoms. The summed E-state index contributed by atoms with van der Waals surface area (Å²) < 4.78 is 0. The maximum absolute atomic E-state index is 13.3. The van der Waals surface area contributed by atoms with E-state index < -0.39 is 0 Å². The lowest BCUT2D eigenvalue weighted by molar-refractivity contribution is -0.115. The summed E-state index contributed by atoms with van der Waals surface area (Å²) in [6.45, 7) is 2.68. The number of anilines is 2. The molecule has 2 aromatic rings. The minimum absolute atomic E-state index is 0.0332. The van der Waals surface area contributed by atoms with Crippen LogP contribution in [0.25, 0.3) is 0 Å². The smallest absolute Gasteiger partial charge is 0.254 e. The first-order valence-electron chi connectivity index (χ1n) is 9.45. The van der Waals surface area contributed by atoms with Crippen molar-refractivity contribution < 1.29 is 9.59 Å². The predicted octanol–water partition coefficient (Wildman–Crippen LogP) is 2.91. The minimum atomic E-state index is -0.0870. The highest BCUT2D eigenvalue weighted by Gasteiger charge is 2.29. The Morgan fingerprint density at radius 3 is 2.86 bits per heavy atom. The Kier molecular flexibility index (Phi) is 5.24. The van der Waals surface area contributed by atoms with Crippen LogP contribution >= 0.6 is 11.6 Å². The van der Waals surface area contributed by atoms with Gasteiger partial charge in [0.05, 0.1) is 17.4 Å². The normalized spacial score (nSPS) is 19.6. The van der Waals surface area contributed by atoms with E-state index in [4.69, 9.17) is 11.6 Å². The highest BCUT2D eigenvalue weighted by Crippen LogP contribution is 2.31. The zero-order valence-electron chi connectivity index (χ0n) is 15.7. The monoisotopic (exact) mass is 398 g/mol. The molecule has 7 heteroatoms. The Morgan fingerprint density at radius 2 is 2.04 bits per heavy atom. The van der Waals surface area contributed by atoms with Gasteiger partial charge >= 0.3 is 0 Å². The van der Waals surface area contributed by atoms with Crippen LogP contribution in [0.3, 0.4) is 0 Å². The topological polar surface area (TPSA) is 64.7 Å². The number of piperazine rings is 1. The zero-order valence-corrected chi connectivity index (χ0v) is 16.5. The molecule has 28 heavy (non-hydrogen) atoms. The summed E-state index contributed by atoms with van der Waals surface area (Å²) in [7, 11) is 1.95. The molecule has 0 spiro atoms. The van der Waals surface area contributed by atoms with Gasteiger partial charge in [0.15, 0.2) is 0 Å². The van der Waals surface area contributed by atoms with Crippen LogP contribution in [0.2, 0.25) is 5.02 Å². The molecular weight excluding hydrogens is 376 g/mol. The molecule has 1 atom stereocenters. The SMILES string of the molecule is CN1CCC(=O)Nc2cc(C(=O)N3CCNCC3c3cccc(Cl)c3)ccc21. The molecule has 0 radical (unpaired) electrons. The number of fused-ring (bicyclic) bond motifs is 1. The third-order valence-corrected chi connectivity index (χ3v) is 5.58. The number of nitrogens with zero attached hydrogens (tertiary/aromatic N) is 2. The molecule has 4 rings (SSSR count). The second-order valence-electron chi connectivity index (χ2n) is 7.23. The largest absolute Gasteiger partial charge is 0.372 e. The Balaban J connectivity index is 1.65. The highest BCUT2D eigenvalue weighted by molar-refractivity contribution is 6.30. The summed E-state index contributed by atoms with van der Waals surface area (Å²) >= 11 is 6.16. The van der Waals surface area contributed by atoms with Crippen LogP contribution in [0.5, 0.6) is 0 Å². The average Bonchev–Trinajstić information content (AvgIpc) is 2.85. The molecule has 0 aromatic heterocycles. The lowest BCUT2D eigenvalue weighted by Crippen LogP contribution is -2.48. The van der Waals surface area contributed by atoms with Crippen LogP contribution in [0, 0.1) is 0 Å². The van der Waals surface area contributed by atoms with Gasteiger partial charge in [-0.15, -0.1) is 0 Å². The minimum Gasteiger partial charge on any atom is -0.372 e. The number of nitrogens with one attached hydrogen (secondary N) is 2. The van der Waals surface area contributed by atoms with Gasteiger partial charge in [-0.1, -0.05) is 23.7 Å². The Morgan fingerprint density at radius 1 is 1.18 bits per heavy atom. The van der Waals surface area contributed by atoms with Crippen molar-refractivity contribution in [2.45, 2.75) is 12.5 Å². The lowest BCUT2D eigenvalue weighted by atomic mass is 10.0. The Labute approximate surface area is 169 Å². The first-order chi connectivity index (χ1) is 13.5. The van der Waals surface area contributed by atoms with Crippen LogP contribution in [0.1, 0.15) is 28.4 Å². The average molecular weight is 399 g/mol. The van der Waals surface area contributed by atoms with Gasteiger partial charge in [-0.2, -0.15) is 0 Å². The van der Waals surface area contributed by atoms with Crippen molar-refractivity contribution in [3.63, 3.8) is 0 Å². The number of benzene rings is 2. The van der Waals surface area contributed by atoms with E-state index in [1.165, 1.54) is 0 Å². The number of halogens is 1. The molecule has 2 N–H and O–H groups in total. The lowest BCUT2D eigenvalue weighted by Gasteiger charge is -2.37. The highest BCUT2D eigenvalue weighted by atomic mass is 35.5. The van der Waals surface area contributed by atoms with Gasteiger partial charge in [-0.3, -0.25) is 9.59 Å². The molecule has 0 aliphatic carbocycles. The second-order valence-corrected chi connectivity index (χ2v) is 7.66. The molecule has 146 valence electrons. The second kappa shape index (κ2) is 7.81. The van der Waals surface area contributed by atoms with Crippen molar-refractivity contribution in [1.82, 2.24) is 10.2 Å². The van der Waals surface area contributed by atoms with Crippen LogP contribution in [-0.4, -0.2) is 49.9 Å². The molecule has 2 aliphatic rings. The van der Waals surface area contributed by atoms with Gasteiger partial charge < -0.3 is 20.4 Å². The van der Waals surface area contributed by atoms with Crippen molar-refractivity contribution in [2.75, 3.05) is 43.4 Å². The molecule has 0 saturated carbocycles. The summed E-state index contributed by atoms with van der Waals surface area (Å²) in [6, 6.07) is 13.1. The fourth-order valence-electron chi connectivity index (χ4n) is 3.83. The molecule has 2 amide bonds. The Bertz CT molecular complexity index is 917. The van der Waals surface area contributed by atoms with Crippen molar-refractivity contribution in [2.24, 2.45) is 0 Å². The fraction of sp³-hybridized carbons (Fsp3) is 0.333. The summed E-state index contributed by atoms with van der Waals surface area (Å²) in [6.07, 6.45) is 0.434.